The zero-order valence-electron chi connectivity index (χ0n) is 15.2. The summed E-state index contributed by atoms with van der Waals surface area (Å²) in [5.74, 6) is -0.520. The van der Waals surface area contributed by atoms with Crippen LogP contribution in [0, 0.1) is 0 Å². The highest BCUT2D eigenvalue weighted by Crippen LogP contribution is 2.41. The fraction of sp³-hybridized carbons (Fsp3) is 0.312. The summed E-state index contributed by atoms with van der Waals surface area (Å²) in [6, 6.07) is -0.755. The van der Waals surface area contributed by atoms with Crippen molar-refractivity contribution in [2.45, 2.75) is 16.3 Å². The van der Waals surface area contributed by atoms with Crippen LogP contribution in [0.1, 0.15) is 0 Å². The second kappa shape index (κ2) is 8.83. The molecule has 158 valence electrons. The molecule has 0 bridgehead atoms. The Morgan fingerprint density at radius 1 is 1.40 bits per heavy atom. The van der Waals surface area contributed by atoms with Crippen molar-refractivity contribution in [2.75, 3.05) is 29.1 Å². The average Bonchev–Trinajstić information content (AvgIpc) is 3.39. The van der Waals surface area contributed by atoms with E-state index in [1.54, 1.807) is 11.6 Å². The number of nitrogens with one attached hydrogen (secondary N) is 2. The first kappa shape index (κ1) is 21.0. The number of carbonyl (C=O) groups is 3. The van der Waals surface area contributed by atoms with E-state index < -0.39 is 23.3 Å². The standard InChI is InChI=1S/C16H16N6O4S4/c17-16-20-9(6-29-16)18-2-10(23)21-11-13(24)22-12(15(25)26)7(4-28-14(11)22)3-27-8-1-19-30-5-8/h1,5-6,11,14,18H,2-4H2,(H2,17,20)(H,21,23)(H,25,26)/t11-,14+/m1/s1. The van der Waals surface area contributed by atoms with Gasteiger partial charge in [0.2, 0.25) is 5.91 Å². The number of nitrogen functional groups attached to an aromatic ring is 1. The molecule has 2 aromatic rings. The van der Waals surface area contributed by atoms with Gasteiger partial charge in [0, 0.05) is 27.2 Å². The number of aliphatic carboxylic acids is 1. The molecular formula is C16H16N6O4S4. The number of amides is 2. The smallest absolute Gasteiger partial charge is 0.352 e. The van der Waals surface area contributed by atoms with Gasteiger partial charge in [0.25, 0.3) is 5.91 Å². The lowest BCUT2D eigenvalue weighted by Gasteiger charge is -2.49. The van der Waals surface area contributed by atoms with Crippen molar-refractivity contribution in [3.8, 4) is 0 Å². The third-order valence-electron chi connectivity index (χ3n) is 4.34. The number of anilines is 2. The summed E-state index contributed by atoms with van der Waals surface area (Å²) in [5.41, 5.74) is 6.24. The number of aromatic nitrogens is 2. The van der Waals surface area contributed by atoms with Crippen LogP contribution in [0.5, 0.6) is 0 Å². The van der Waals surface area contributed by atoms with Gasteiger partial charge in [-0.3, -0.25) is 14.5 Å². The summed E-state index contributed by atoms with van der Waals surface area (Å²) in [6.07, 6.45) is 1.73. The van der Waals surface area contributed by atoms with Gasteiger partial charge in [-0.25, -0.2) is 9.78 Å². The molecule has 0 radical (unpaired) electrons. The van der Waals surface area contributed by atoms with Crippen molar-refractivity contribution >= 4 is 75.1 Å². The van der Waals surface area contributed by atoms with E-state index in [0.29, 0.717) is 28.0 Å². The molecule has 2 aromatic heterocycles. The van der Waals surface area contributed by atoms with Gasteiger partial charge < -0.3 is 21.5 Å². The molecule has 1 fully saturated rings. The van der Waals surface area contributed by atoms with E-state index in [1.165, 1.54) is 51.3 Å². The van der Waals surface area contributed by atoms with Crippen molar-refractivity contribution in [2.24, 2.45) is 0 Å². The van der Waals surface area contributed by atoms with Gasteiger partial charge in [0.1, 0.15) is 22.9 Å². The van der Waals surface area contributed by atoms with Crippen molar-refractivity contribution in [3.05, 3.63) is 28.2 Å². The maximum absolute atomic E-state index is 12.6. The summed E-state index contributed by atoms with van der Waals surface area (Å²) in [7, 11) is 0. The first-order valence-electron chi connectivity index (χ1n) is 8.60. The van der Waals surface area contributed by atoms with Crippen LogP contribution in [-0.4, -0.2) is 66.6 Å². The lowest BCUT2D eigenvalue weighted by atomic mass is 10.0. The SMILES string of the molecule is Nc1nc(NCC(=O)N[C@@H]2C(=O)N3C(C(=O)O)=C(CSc4cnsc4)CS[C@@H]23)cs1. The van der Waals surface area contributed by atoms with Gasteiger partial charge in [-0.1, -0.05) is 0 Å². The molecule has 0 aromatic carbocycles. The van der Waals surface area contributed by atoms with Crippen molar-refractivity contribution in [1.29, 1.82) is 0 Å². The second-order valence-corrected chi connectivity index (χ2v) is 9.99. The third-order valence-corrected chi connectivity index (χ3v) is 8.14. The zero-order chi connectivity index (χ0) is 21.3. The predicted molar refractivity (Wildman–Crippen MR) is 118 cm³/mol. The minimum Gasteiger partial charge on any atom is -0.477 e. The van der Waals surface area contributed by atoms with Crippen molar-refractivity contribution < 1.29 is 19.5 Å². The number of rotatable bonds is 8. The van der Waals surface area contributed by atoms with Gasteiger partial charge >= 0.3 is 5.97 Å². The Bertz CT molecular complexity index is 1010. The Morgan fingerprint density at radius 2 is 2.23 bits per heavy atom. The summed E-state index contributed by atoms with van der Waals surface area (Å²) < 4.78 is 4.03. The topological polar surface area (TPSA) is 151 Å². The number of hydrogen-bond donors (Lipinski definition) is 4. The first-order valence-corrected chi connectivity index (χ1v) is 12.4. The molecule has 2 atom stereocenters. The lowest BCUT2D eigenvalue weighted by molar-refractivity contribution is -0.150. The number of nitrogens with two attached hydrogens (primary N) is 1. The molecule has 0 unspecified atom stereocenters. The number of carboxylic acid groups (broad SMARTS) is 1. The van der Waals surface area contributed by atoms with Crippen LogP contribution >= 0.6 is 46.4 Å². The molecule has 0 saturated carbocycles. The van der Waals surface area contributed by atoms with Crippen molar-refractivity contribution in [3.63, 3.8) is 0 Å². The van der Waals surface area contributed by atoms with E-state index >= 15 is 0 Å². The van der Waals surface area contributed by atoms with Crippen LogP contribution in [0.15, 0.2) is 33.1 Å². The third kappa shape index (κ3) is 4.26. The molecule has 2 amide bonds. The monoisotopic (exact) mass is 484 g/mol. The first-order chi connectivity index (χ1) is 14.4. The van der Waals surface area contributed by atoms with E-state index in [9.17, 15) is 19.5 Å². The second-order valence-electron chi connectivity index (χ2n) is 6.29. The summed E-state index contributed by atoms with van der Waals surface area (Å²) in [6.45, 7) is -0.0669. The summed E-state index contributed by atoms with van der Waals surface area (Å²) >= 11 is 5.51. The fourth-order valence-corrected chi connectivity index (χ4v) is 6.56. The highest BCUT2D eigenvalue weighted by molar-refractivity contribution is 8.01. The molecule has 0 spiro atoms. The maximum atomic E-state index is 12.6. The molecule has 0 aliphatic carbocycles. The van der Waals surface area contributed by atoms with Crippen LogP contribution in [-0.2, 0) is 14.4 Å². The molecule has 2 aliphatic rings. The number of carbonyl (C=O) groups excluding carboxylic acids is 2. The Hall–Kier alpha value is -2.29. The molecular weight excluding hydrogens is 468 g/mol. The number of thiazole rings is 1. The Balaban J connectivity index is 1.38. The molecule has 2 aliphatic heterocycles. The van der Waals surface area contributed by atoms with E-state index in [1.807, 2.05) is 5.38 Å². The Kier molecular flexibility index (Phi) is 6.17. The predicted octanol–water partition coefficient (Wildman–Crippen LogP) is 1.12. The molecule has 1 saturated heterocycles. The maximum Gasteiger partial charge on any atom is 0.352 e. The largest absolute Gasteiger partial charge is 0.477 e. The van der Waals surface area contributed by atoms with Crippen LogP contribution in [0.25, 0.3) is 0 Å². The van der Waals surface area contributed by atoms with Crippen LogP contribution in [0.2, 0.25) is 0 Å². The molecule has 4 rings (SSSR count). The average molecular weight is 485 g/mol. The molecule has 14 heteroatoms. The number of hydrogen-bond acceptors (Lipinski definition) is 11. The van der Waals surface area contributed by atoms with Crippen molar-refractivity contribution in [1.82, 2.24) is 19.6 Å². The summed E-state index contributed by atoms with van der Waals surface area (Å²) in [5, 5.41) is 18.7. The quantitative estimate of drug-likeness (QED) is 0.317. The number of carboxylic acids is 1. The number of nitrogens with zero attached hydrogens (tertiary/aromatic N) is 3. The van der Waals surface area contributed by atoms with E-state index in [2.05, 4.69) is 20.0 Å². The molecule has 10 nitrogen and oxygen atoms in total. The van der Waals surface area contributed by atoms with Gasteiger partial charge in [-0.05, 0) is 17.1 Å². The minimum absolute atomic E-state index is 0.0148. The van der Waals surface area contributed by atoms with E-state index in [0.717, 1.165) is 4.90 Å². The number of β-lactam (4-membered cyclic amide) rings is 1. The lowest BCUT2D eigenvalue weighted by Crippen LogP contribution is -2.71. The molecule has 30 heavy (non-hydrogen) atoms. The van der Waals surface area contributed by atoms with Crippen LogP contribution in [0.4, 0.5) is 10.9 Å². The van der Waals surface area contributed by atoms with Gasteiger partial charge in [-0.2, -0.15) is 4.37 Å². The van der Waals surface area contributed by atoms with Crippen LogP contribution < -0.4 is 16.4 Å². The Morgan fingerprint density at radius 3 is 2.90 bits per heavy atom. The number of fused-ring (bicyclic) bond motifs is 1. The van der Waals surface area contributed by atoms with E-state index in [4.69, 9.17) is 5.73 Å². The molecule has 5 N–H and O–H groups in total. The van der Waals surface area contributed by atoms with Gasteiger partial charge in [0.05, 0.1) is 12.7 Å². The van der Waals surface area contributed by atoms with E-state index in [-0.39, 0.29) is 18.1 Å². The fourth-order valence-electron chi connectivity index (χ4n) is 3.00. The minimum atomic E-state index is -1.14. The zero-order valence-corrected chi connectivity index (χ0v) is 18.5. The van der Waals surface area contributed by atoms with Gasteiger partial charge in [0.15, 0.2) is 5.13 Å². The van der Waals surface area contributed by atoms with Gasteiger partial charge in [-0.15, -0.1) is 34.9 Å². The normalized spacial score (nSPS) is 20.5. The highest BCUT2D eigenvalue weighted by atomic mass is 32.2. The van der Waals surface area contributed by atoms with Crippen LogP contribution in [0.3, 0.4) is 0 Å². The summed E-state index contributed by atoms with van der Waals surface area (Å²) in [4.78, 5) is 42.9. The number of thioether (sulfide) groups is 2. The highest BCUT2D eigenvalue weighted by Gasteiger charge is 2.54. The molecule has 4 heterocycles. The Labute approximate surface area is 187 Å².